The highest BCUT2D eigenvalue weighted by atomic mass is 35.5. The maximum Gasteiger partial charge on any atom is 0.412 e. The van der Waals surface area contributed by atoms with Gasteiger partial charge in [0.1, 0.15) is 55.1 Å². The van der Waals surface area contributed by atoms with E-state index in [1.807, 2.05) is 0 Å². The fourth-order valence-corrected chi connectivity index (χ4v) is 15.9. The second-order valence-corrected chi connectivity index (χ2v) is 24.6. The van der Waals surface area contributed by atoms with Crippen molar-refractivity contribution >= 4 is 75.7 Å². The third-order valence-corrected chi connectivity index (χ3v) is 19.9. The van der Waals surface area contributed by atoms with Gasteiger partial charge in [0.25, 0.3) is 0 Å². The number of Topliss-reactive ketones (excluding diaryl/α,β-unsaturated/α-hetero) is 1. The summed E-state index contributed by atoms with van der Waals surface area (Å²) >= 11 is 24.9. The molecule has 22 heteroatoms. The standard InChI is InChI=1S/C53H68Cl4N2O16/c1-23-13-16-53(69-21-23)24(2)37-34(75-53)18-28-27-12-11-25-17-26(14-15-51(25,3)38(27)33(61)19-52(28,37)4)70-47-43(64)41(62)45(35(20-60)71-47)73-48-44(65)42(63)46(74-50(67)59-40-31(56)9-6-10-32(40)57)36(72-48)22-68-49(66)58-39-29(54)7-5-8-30(39)55/h5-10,23-28,34-38,41-48,60,62-65H,11-22H2,1-4H3,(H,58,66)(H,59,67)/t23-,24+,25+,26+,27+,28+,34?,35-,36-,37?,38-,41-,42-,43-,44-,45-,46-,47-,48+,51+,52+,53-/m1/s1. The zero-order chi connectivity index (χ0) is 53.5. The lowest BCUT2D eigenvalue weighted by Crippen LogP contribution is -2.65. The lowest BCUT2D eigenvalue weighted by atomic mass is 9.44. The van der Waals surface area contributed by atoms with Gasteiger partial charge in [0.15, 0.2) is 24.5 Å². The van der Waals surface area contributed by atoms with E-state index in [0.29, 0.717) is 49.9 Å². The van der Waals surface area contributed by atoms with Crippen molar-refractivity contribution in [3.63, 3.8) is 0 Å². The first-order valence-electron chi connectivity index (χ1n) is 26.2. The minimum atomic E-state index is -2.01. The molecule has 1 spiro atoms. The molecule has 22 atom stereocenters. The Morgan fingerprint density at radius 3 is 1.99 bits per heavy atom. The lowest BCUT2D eigenvalue weighted by molar-refractivity contribution is -0.363. The van der Waals surface area contributed by atoms with E-state index >= 15 is 0 Å². The number of benzene rings is 2. The molecular weight excluding hydrogens is 1060 g/mol. The van der Waals surface area contributed by atoms with Crippen molar-refractivity contribution < 1.29 is 77.8 Å². The summed E-state index contributed by atoms with van der Waals surface area (Å²) in [6, 6.07) is 9.00. The van der Waals surface area contributed by atoms with Crippen LogP contribution in [0.3, 0.4) is 0 Å². The van der Waals surface area contributed by atoms with Gasteiger partial charge in [0, 0.05) is 24.7 Å². The molecule has 2 unspecified atom stereocenters. The highest BCUT2D eigenvalue weighted by molar-refractivity contribution is 6.40. The second kappa shape index (κ2) is 21.8. The van der Waals surface area contributed by atoms with Crippen molar-refractivity contribution in [3.8, 4) is 0 Å². The molecule has 0 aromatic heterocycles. The highest BCUT2D eigenvalue weighted by Gasteiger charge is 2.71. The summed E-state index contributed by atoms with van der Waals surface area (Å²) in [4.78, 5) is 41.0. The zero-order valence-corrected chi connectivity index (χ0v) is 45.2. The van der Waals surface area contributed by atoms with Crippen LogP contribution in [0, 0.1) is 52.3 Å². The fraction of sp³-hybridized carbons (Fsp3) is 0.717. The predicted molar refractivity (Wildman–Crippen MR) is 272 cm³/mol. The number of rotatable bonds is 10. The summed E-state index contributed by atoms with van der Waals surface area (Å²) in [7, 11) is 0. The number of hydrogen-bond acceptors (Lipinski definition) is 16. The molecule has 4 heterocycles. The van der Waals surface area contributed by atoms with E-state index in [1.165, 1.54) is 24.3 Å². The minimum absolute atomic E-state index is 0.0167. The number of para-hydroxylation sites is 2. The first-order valence-corrected chi connectivity index (χ1v) is 27.8. The molecule has 2 aromatic carbocycles. The van der Waals surface area contributed by atoms with E-state index < -0.39 is 98.7 Å². The van der Waals surface area contributed by atoms with Gasteiger partial charge in [-0.2, -0.15) is 0 Å². The van der Waals surface area contributed by atoms with E-state index in [4.69, 9.17) is 84.3 Å². The third kappa shape index (κ3) is 10.2. The summed E-state index contributed by atoms with van der Waals surface area (Å²) in [5.74, 6) is 1.46. The topological polar surface area (TPSA) is 250 Å². The predicted octanol–water partition coefficient (Wildman–Crippen LogP) is 7.75. The Morgan fingerprint density at radius 1 is 0.747 bits per heavy atom. The molecule has 18 nitrogen and oxygen atoms in total. The average Bonchev–Trinajstić information content (AvgIpc) is 3.81. The summed E-state index contributed by atoms with van der Waals surface area (Å²) in [5, 5.41) is 61.9. The SMILES string of the molecule is C[C@@H]1CC[C@@]2(OC1)OC1C[C@H]3[C@@H]4CC[C@H]5C[C@@H](O[C@@H]6O[C@H](CO)[C@@H](O[C@@H]7O[C@H](COC(=O)Nc8c(Cl)cccc8Cl)[C@@H](OC(=O)Nc8c(Cl)cccc8Cl)[C@H](O)[C@H]7O)[C@H](O)[C@H]6O)CC[C@]5(C)[C@H]4C(=O)C[C@]3(C)C1[C@@H]2C. The highest BCUT2D eigenvalue weighted by Crippen LogP contribution is 2.71. The van der Waals surface area contributed by atoms with Crippen LogP contribution in [-0.4, -0.2) is 143 Å². The number of hydrogen-bond donors (Lipinski definition) is 7. The van der Waals surface area contributed by atoms with Gasteiger partial charge in [0.05, 0.1) is 56.9 Å². The molecular formula is C53H68Cl4N2O16. The number of anilines is 2. The molecule has 8 aliphatic rings. The van der Waals surface area contributed by atoms with Crippen molar-refractivity contribution in [3.05, 3.63) is 56.5 Å². The van der Waals surface area contributed by atoms with Gasteiger partial charge in [0.2, 0.25) is 0 Å². The molecule has 4 aliphatic carbocycles. The smallest absolute Gasteiger partial charge is 0.412 e. The van der Waals surface area contributed by atoms with Crippen LogP contribution in [0.25, 0.3) is 0 Å². The monoisotopic (exact) mass is 1130 g/mol. The summed E-state index contributed by atoms with van der Waals surface area (Å²) in [6.07, 6.45) is -12.5. The molecule has 0 bridgehead atoms. The van der Waals surface area contributed by atoms with Crippen molar-refractivity contribution in [2.45, 2.75) is 165 Å². The van der Waals surface area contributed by atoms with Crippen LogP contribution in [0.4, 0.5) is 21.0 Å². The van der Waals surface area contributed by atoms with Crippen LogP contribution in [0.5, 0.6) is 0 Å². The summed E-state index contributed by atoms with van der Waals surface area (Å²) in [6.45, 7) is 8.33. The largest absolute Gasteiger partial charge is 0.446 e. The van der Waals surface area contributed by atoms with Gasteiger partial charge in [-0.15, -0.1) is 0 Å². The van der Waals surface area contributed by atoms with Gasteiger partial charge < -0.3 is 63.4 Å². The first-order chi connectivity index (χ1) is 35.7. The van der Waals surface area contributed by atoms with E-state index in [1.54, 1.807) is 12.1 Å². The van der Waals surface area contributed by atoms with E-state index in [9.17, 15) is 39.9 Å². The molecule has 4 aliphatic heterocycles. The number of fused-ring (bicyclic) bond motifs is 7. The quantitative estimate of drug-likeness (QED) is 0.112. The molecule has 75 heavy (non-hydrogen) atoms. The molecule has 10 rings (SSSR count). The van der Waals surface area contributed by atoms with E-state index in [0.717, 1.165) is 32.1 Å². The maximum absolute atomic E-state index is 14.7. The van der Waals surface area contributed by atoms with Crippen LogP contribution in [-0.2, 0) is 42.7 Å². The van der Waals surface area contributed by atoms with E-state index in [2.05, 4.69) is 38.3 Å². The Kier molecular flexibility index (Phi) is 16.2. The normalized spacial score (nSPS) is 44.2. The Hall–Kier alpha value is -2.63. The van der Waals surface area contributed by atoms with Crippen LogP contribution in [0.1, 0.15) is 85.5 Å². The van der Waals surface area contributed by atoms with Crippen LogP contribution >= 0.6 is 46.4 Å². The zero-order valence-electron chi connectivity index (χ0n) is 42.2. The minimum Gasteiger partial charge on any atom is -0.446 e. The summed E-state index contributed by atoms with van der Waals surface area (Å²) in [5.41, 5.74) is -0.401. The van der Waals surface area contributed by atoms with Crippen molar-refractivity contribution in [1.29, 1.82) is 0 Å². The molecule has 8 fully saturated rings. The Balaban J connectivity index is 0.781. The van der Waals surface area contributed by atoms with Gasteiger partial charge in [-0.1, -0.05) is 86.2 Å². The van der Waals surface area contributed by atoms with Crippen LogP contribution < -0.4 is 10.6 Å². The fourth-order valence-electron chi connectivity index (χ4n) is 14.9. The molecule has 2 amide bonds. The number of amides is 2. The van der Waals surface area contributed by atoms with Gasteiger partial charge >= 0.3 is 12.2 Å². The van der Waals surface area contributed by atoms with Crippen molar-refractivity contribution in [1.82, 2.24) is 0 Å². The molecule has 2 aromatic rings. The number of carbonyl (C=O) groups excluding carboxylic acids is 3. The second-order valence-electron chi connectivity index (χ2n) is 22.9. The Morgan fingerprint density at radius 2 is 1.36 bits per heavy atom. The molecule has 414 valence electrons. The molecule has 4 saturated heterocycles. The van der Waals surface area contributed by atoms with Gasteiger partial charge in [-0.3, -0.25) is 15.4 Å². The van der Waals surface area contributed by atoms with Crippen LogP contribution in [0.15, 0.2) is 36.4 Å². The number of aliphatic hydroxyl groups is 5. The number of ketones is 1. The number of carbonyl (C=O) groups is 3. The van der Waals surface area contributed by atoms with Crippen molar-refractivity contribution in [2.24, 2.45) is 52.3 Å². The average molecular weight is 1130 g/mol. The number of aliphatic hydroxyl groups excluding tert-OH is 5. The maximum atomic E-state index is 14.7. The first kappa shape index (κ1) is 55.7. The lowest BCUT2D eigenvalue weighted by Gasteiger charge is -2.60. The molecule has 0 radical (unpaired) electrons. The van der Waals surface area contributed by atoms with Gasteiger partial charge in [-0.05, 0) is 110 Å². The number of ether oxygens (including phenoxy) is 8. The summed E-state index contributed by atoms with van der Waals surface area (Å²) < 4.78 is 48.9. The van der Waals surface area contributed by atoms with Crippen molar-refractivity contribution in [2.75, 3.05) is 30.5 Å². The molecule has 4 saturated carbocycles. The Labute approximate surface area is 455 Å². The van der Waals surface area contributed by atoms with E-state index in [-0.39, 0.29) is 78.0 Å². The van der Waals surface area contributed by atoms with Gasteiger partial charge in [-0.25, -0.2) is 9.59 Å². The number of halogens is 4. The molecule has 7 N–H and O–H groups in total. The third-order valence-electron chi connectivity index (χ3n) is 18.6. The van der Waals surface area contributed by atoms with Crippen LogP contribution in [0.2, 0.25) is 20.1 Å². The number of nitrogens with one attached hydrogen (secondary N) is 2. The Bertz CT molecular complexity index is 2410.